The maximum Gasteiger partial charge on any atom is 0.309 e. The highest BCUT2D eigenvalue weighted by Gasteiger charge is 2.21. The molecule has 0 aliphatic rings. The van der Waals surface area contributed by atoms with Crippen LogP contribution in [0.5, 0.6) is 0 Å². The summed E-state index contributed by atoms with van der Waals surface area (Å²) in [5.41, 5.74) is 4.71. The van der Waals surface area contributed by atoms with Crippen molar-refractivity contribution in [1.82, 2.24) is 0 Å². The van der Waals surface area contributed by atoms with Gasteiger partial charge in [0.15, 0.2) is 0 Å². The van der Waals surface area contributed by atoms with Gasteiger partial charge in [-0.1, -0.05) is 6.07 Å². The standard InChI is InChI=1S/C10H10N4O3/c1-6(10(12)15)13-8-4-2-3-7(5-11)9(8)14(16)17/h2-4,6,13H,1H3,(H2,12,15). The van der Waals surface area contributed by atoms with Gasteiger partial charge in [-0.25, -0.2) is 0 Å². The van der Waals surface area contributed by atoms with Crippen molar-refractivity contribution in [1.29, 1.82) is 5.26 Å². The van der Waals surface area contributed by atoms with Crippen LogP contribution in [0.2, 0.25) is 0 Å². The van der Waals surface area contributed by atoms with E-state index >= 15 is 0 Å². The van der Waals surface area contributed by atoms with Crippen molar-refractivity contribution < 1.29 is 9.72 Å². The molecule has 0 spiro atoms. The maximum absolute atomic E-state index is 10.9. The zero-order chi connectivity index (χ0) is 13.0. The SMILES string of the molecule is CC(Nc1cccc(C#N)c1[N+](=O)[O-])C(N)=O. The molecule has 1 atom stereocenters. The number of carbonyl (C=O) groups excluding carboxylic acids is 1. The summed E-state index contributed by atoms with van der Waals surface area (Å²) in [6, 6.07) is 5.19. The lowest BCUT2D eigenvalue weighted by Gasteiger charge is -2.11. The first-order chi connectivity index (χ1) is 7.97. The molecule has 0 aliphatic carbocycles. The van der Waals surface area contributed by atoms with E-state index < -0.39 is 16.9 Å². The topological polar surface area (TPSA) is 122 Å². The van der Waals surface area contributed by atoms with Gasteiger partial charge in [0.05, 0.1) is 4.92 Å². The second-order valence-corrected chi connectivity index (χ2v) is 3.34. The summed E-state index contributed by atoms with van der Waals surface area (Å²) in [5, 5.41) is 22.2. The van der Waals surface area contributed by atoms with Gasteiger partial charge >= 0.3 is 5.69 Å². The highest BCUT2D eigenvalue weighted by atomic mass is 16.6. The lowest BCUT2D eigenvalue weighted by atomic mass is 10.1. The fourth-order valence-corrected chi connectivity index (χ4v) is 1.25. The smallest absolute Gasteiger partial charge is 0.309 e. The van der Waals surface area contributed by atoms with Gasteiger partial charge in [-0.3, -0.25) is 14.9 Å². The van der Waals surface area contributed by atoms with Gasteiger partial charge < -0.3 is 11.1 Å². The molecule has 0 aliphatic heterocycles. The molecular weight excluding hydrogens is 224 g/mol. The molecule has 7 nitrogen and oxygen atoms in total. The van der Waals surface area contributed by atoms with Gasteiger partial charge in [-0.15, -0.1) is 0 Å². The Kier molecular flexibility index (Phi) is 3.62. The van der Waals surface area contributed by atoms with Crippen LogP contribution in [0.15, 0.2) is 18.2 Å². The lowest BCUT2D eigenvalue weighted by Crippen LogP contribution is -2.32. The third-order valence-electron chi connectivity index (χ3n) is 2.14. The maximum atomic E-state index is 10.9. The first-order valence-corrected chi connectivity index (χ1v) is 4.70. The van der Waals surface area contributed by atoms with Crippen LogP contribution < -0.4 is 11.1 Å². The van der Waals surface area contributed by atoms with Crippen molar-refractivity contribution >= 4 is 17.3 Å². The first-order valence-electron chi connectivity index (χ1n) is 4.70. The Hall–Kier alpha value is -2.62. The predicted molar refractivity (Wildman–Crippen MR) is 60.1 cm³/mol. The summed E-state index contributed by atoms with van der Waals surface area (Å²) < 4.78 is 0. The fraction of sp³-hybridized carbons (Fsp3) is 0.200. The Morgan fingerprint density at radius 2 is 2.29 bits per heavy atom. The third kappa shape index (κ3) is 2.69. The Morgan fingerprint density at radius 1 is 1.65 bits per heavy atom. The predicted octanol–water partition coefficient (Wildman–Crippen LogP) is 0.752. The Bertz CT molecular complexity index is 507. The van der Waals surface area contributed by atoms with E-state index in [4.69, 9.17) is 11.0 Å². The van der Waals surface area contributed by atoms with Gasteiger partial charge in [0.2, 0.25) is 5.91 Å². The monoisotopic (exact) mass is 234 g/mol. The summed E-state index contributed by atoms with van der Waals surface area (Å²) in [6.07, 6.45) is 0. The first kappa shape index (κ1) is 12.4. The van der Waals surface area contributed by atoms with Crippen LogP contribution in [0.4, 0.5) is 11.4 Å². The van der Waals surface area contributed by atoms with Crippen LogP contribution in [0, 0.1) is 21.4 Å². The molecule has 0 aromatic heterocycles. The van der Waals surface area contributed by atoms with E-state index in [0.717, 1.165) is 0 Å². The molecule has 0 heterocycles. The van der Waals surface area contributed by atoms with Crippen molar-refractivity contribution in [2.75, 3.05) is 5.32 Å². The molecular formula is C10H10N4O3. The lowest BCUT2D eigenvalue weighted by molar-refractivity contribution is -0.384. The third-order valence-corrected chi connectivity index (χ3v) is 2.14. The Morgan fingerprint density at radius 3 is 2.76 bits per heavy atom. The van der Waals surface area contributed by atoms with Crippen LogP contribution in [0.3, 0.4) is 0 Å². The quantitative estimate of drug-likeness (QED) is 0.588. The second-order valence-electron chi connectivity index (χ2n) is 3.34. The molecule has 0 radical (unpaired) electrons. The van der Waals surface area contributed by atoms with Crippen LogP contribution in [-0.2, 0) is 4.79 Å². The number of carbonyl (C=O) groups is 1. The molecule has 0 bridgehead atoms. The number of nitriles is 1. The Balaban J connectivity index is 3.20. The van der Waals surface area contributed by atoms with Crippen molar-refractivity contribution in [3.8, 4) is 6.07 Å². The molecule has 1 aromatic carbocycles. The molecule has 88 valence electrons. The number of nitrogens with two attached hydrogens (primary N) is 1. The average molecular weight is 234 g/mol. The highest BCUT2D eigenvalue weighted by Crippen LogP contribution is 2.28. The van der Waals surface area contributed by atoms with Gasteiger partial charge in [0.1, 0.15) is 23.4 Å². The summed E-state index contributed by atoms with van der Waals surface area (Å²) in [5.74, 6) is -0.637. The minimum atomic E-state index is -0.761. The van der Waals surface area contributed by atoms with E-state index in [1.54, 1.807) is 6.07 Å². The minimum absolute atomic E-state index is 0.0725. The second kappa shape index (κ2) is 4.94. The van der Waals surface area contributed by atoms with E-state index in [0.29, 0.717) is 0 Å². The summed E-state index contributed by atoms with van der Waals surface area (Å²) >= 11 is 0. The molecule has 0 saturated heterocycles. The number of nitro benzene ring substituents is 1. The van der Waals surface area contributed by atoms with Gasteiger partial charge in [0.25, 0.3) is 0 Å². The molecule has 0 saturated carbocycles. The molecule has 1 amide bonds. The molecule has 17 heavy (non-hydrogen) atoms. The number of nitro groups is 1. The number of nitrogens with one attached hydrogen (secondary N) is 1. The van der Waals surface area contributed by atoms with Gasteiger partial charge in [0, 0.05) is 0 Å². The number of hydrogen-bond donors (Lipinski definition) is 2. The van der Waals surface area contributed by atoms with Crippen LogP contribution in [0.25, 0.3) is 0 Å². The normalized spacial score (nSPS) is 11.3. The van der Waals surface area contributed by atoms with Crippen molar-refractivity contribution in [3.63, 3.8) is 0 Å². The number of rotatable bonds is 4. The van der Waals surface area contributed by atoms with Gasteiger partial charge in [-0.2, -0.15) is 5.26 Å². The zero-order valence-electron chi connectivity index (χ0n) is 9.01. The average Bonchev–Trinajstić information content (AvgIpc) is 2.27. The molecule has 1 rings (SSSR count). The zero-order valence-corrected chi connectivity index (χ0v) is 9.01. The van der Waals surface area contributed by atoms with E-state index in [1.807, 2.05) is 0 Å². The van der Waals surface area contributed by atoms with E-state index in [-0.39, 0.29) is 16.9 Å². The van der Waals surface area contributed by atoms with Crippen molar-refractivity contribution in [2.24, 2.45) is 5.73 Å². The number of benzene rings is 1. The van der Waals surface area contributed by atoms with Crippen LogP contribution >= 0.6 is 0 Å². The van der Waals surface area contributed by atoms with E-state index in [2.05, 4.69) is 5.32 Å². The number of hydrogen-bond acceptors (Lipinski definition) is 5. The summed E-state index contributed by atoms with van der Waals surface area (Å²) in [4.78, 5) is 21.0. The van der Waals surface area contributed by atoms with Crippen LogP contribution in [-0.4, -0.2) is 16.9 Å². The van der Waals surface area contributed by atoms with E-state index in [9.17, 15) is 14.9 Å². The summed E-state index contributed by atoms with van der Waals surface area (Å²) in [7, 11) is 0. The van der Waals surface area contributed by atoms with E-state index in [1.165, 1.54) is 25.1 Å². The van der Waals surface area contributed by atoms with Crippen molar-refractivity contribution in [3.05, 3.63) is 33.9 Å². The van der Waals surface area contributed by atoms with Crippen molar-refractivity contribution in [2.45, 2.75) is 13.0 Å². The molecule has 1 unspecified atom stereocenters. The molecule has 1 aromatic rings. The fourth-order valence-electron chi connectivity index (χ4n) is 1.25. The largest absolute Gasteiger partial charge is 0.368 e. The minimum Gasteiger partial charge on any atom is -0.368 e. The molecule has 0 fully saturated rings. The number of primary amides is 1. The molecule has 3 N–H and O–H groups in total. The summed E-state index contributed by atoms with van der Waals surface area (Å²) in [6.45, 7) is 1.48. The highest BCUT2D eigenvalue weighted by molar-refractivity contribution is 5.84. The van der Waals surface area contributed by atoms with Gasteiger partial charge in [-0.05, 0) is 19.1 Å². The number of nitrogens with zero attached hydrogens (tertiary/aromatic N) is 2. The number of anilines is 1. The molecule has 7 heteroatoms. The Labute approximate surface area is 97.0 Å². The number of para-hydroxylation sites is 1. The number of amides is 1. The van der Waals surface area contributed by atoms with Crippen LogP contribution in [0.1, 0.15) is 12.5 Å².